The number of rotatable bonds is 7. The van der Waals surface area contributed by atoms with E-state index < -0.39 is 18.6 Å². The Bertz CT molecular complexity index is 721. The van der Waals surface area contributed by atoms with E-state index in [9.17, 15) is 18.0 Å². The van der Waals surface area contributed by atoms with Gasteiger partial charge in [-0.25, -0.2) is 4.98 Å². The van der Waals surface area contributed by atoms with Crippen LogP contribution in [0.15, 0.2) is 23.4 Å². The number of ether oxygens (including phenoxy) is 1. The SMILES string of the molecule is COCCn1c(SCC(=O)NCC(F)(F)F)nc2cc(Cl)ccc21. The number of imidazole rings is 1. The largest absolute Gasteiger partial charge is 0.405 e. The van der Waals surface area contributed by atoms with Crippen LogP contribution >= 0.6 is 23.4 Å². The lowest BCUT2D eigenvalue weighted by Crippen LogP contribution is -2.34. The highest BCUT2D eigenvalue weighted by molar-refractivity contribution is 7.99. The molecule has 24 heavy (non-hydrogen) atoms. The maximum Gasteiger partial charge on any atom is 0.405 e. The number of hydrogen-bond acceptors (Lipinski definition) is 4. The quantitative estimate of drug-likeness (QED) is 0.749. The van der Waals surface area contributed by atoms with E-state index >= 15 is 0 Å². The van der Waals surface area contributed by atoms with E-state index in [4.69, 9.17) is 16.3 Å². The summed E-state index contributed by atoms with van der Waals surface area (Å²) in [6.45, 7) is -0.412. The minimum atomic E-state index is -4.43. The smallest absolute Gasteiger partial charge is 0.383 e. The van der Waals surface area contributed by atoms with Gasteiger partial charge in [0.2, 0.25) is 5.91 Å². The second-order valence-electron chi connectivity index (χ2n) is 4.85. The summed E-state index contributed by atoms with van der Waals surface area (Å²) in [5, 5.41) is 2.88. The monoisotopic (exact) mass is 381 g/mol. The maximum absolute atomic E-state index is 12.1. The molecule has 1 heterocycles. The molecule has 0 aliphatic rings. The fourth-order valence-corrected chi connectivity index (χ4v) is 3.01. The van der Waals surface area contributed by atoms with Gasteiger partial charge in [0.25, 0.3) is 0 Å². The molecule has 0 fully saturated rings. The Hall–Kier alpha value is -1.45. The van der Waals surface area contributed by atoms with Gasteiger partial charge in [0.1, 0.15) is 6.54 Å². The molecule has 0 saturated heterocycles. The van der Waals surface area contributed by atoms with E-state index in [0.29, 0.717) is 28.8 Å². The molecule has 0 unspecified atom stereocenters. The van der Waals surface area contributed by atoms with Gasteiger partial charge in [-0.1, -0.05) is 23.4 Å². The van der Waals surface area contributed by atoms with Gasteiger partial charge in [-0.2, -0.15) is 13.2 Å². The molecule has 0 radical (unpaired) electrons. The van der Waals surface area contributed by atoms with Crippen molar-refractivity contribution in [1.29, 1.82) is 0 Å². The average molecular weight is 382 g/mol. The summed E-state index contributed by atoms with van der Waals surface area (Å²) in [5.41, 5.74) is 1.46. The molecule has 132 valence electrons. The number of nitrogens with zero attached hydrogens (tertiary/aromatic N) is 2. The molecule has 2 aromatic rings. The molecule has 1 aromatic heterocycles. The minimum Gasteiger partial charge on any atom is -0.383 e. The van der Waals surface area contributed by atoms with Crippen LogP contribution < -0.4 is 5.32 Å². The van der Waals surface area contributed by atoms with E-state index in [1.807, 2.05) is 9.88 Å². The molecule has 1 aromatic carbocycles. The number of methoxy groups -OCH3 is 1. The highest BCUT2D eigenvalue weighted by Crippen LogP contribution is 2.26. The van der Waals surface area contributed by atoms with Crippen LogP contribution in [-0.4, -0.2) is 47.6 Å². The molecule has 1 amide bonds. The van der Waals surface area contributed by atoms with Gasteiger partial charge in [0.05, 0.1) is 23.4 Å². The number of alkyl halides is 3. The molecule has 0 atom stereocenters. The number of nitrogens with one attached hydrogen (secondary N) is 1. The summed E-state index contributed by atoms with van der Waals surface area (Å²) >= 11 is 7.01. The number of hydrogen-bond donors (Lipinski definition) is 1. The third-order valence-corrected chi connectivity index (χ3v) is 4.22. The fraction of sp³-hybridized carbons (Fsp3) is 0.429. The van der Waals surface area contributed by atoms with E-state index in [1.165, 1.54) is 0 Å². The van der Waals surface area contributed by atoms with Crippen molar-refractivity contribution in [3.05, 3.63) is 23.2 Å². The first-order valence-electron chi connectivity index (χ1n) is 6.91. The molecule has 2 rings (SSSR count). The lowest BCUT2D eigenvalue weighted by atomic mass is 10.3. The molecule has 0 aliphatic carbocycles. The van der Waals surface area contributed by atoms with Crippen molar-refractivity contribution in [2.45, 2.75) is 17.9 Å². The van der Waals surface area contributed by atoms with Crippen molar-refractivity contribution in [2.75, 3.05) is 26.0 Å². The Morgan fingerprint density at radius 2 is 2.21 bits per heavy atom. The Morgan fingerprint density at radius 3 is 2.88 bits per heavy atom. The van der Waals surface area contributed by atoms with Gasteiger partial charge in [-0.05, 0) is 18.2 Å². The van der Waals surface area contributed by atoms with Crippen molar-refractivity contribution >= 4 is 40.3 Å². The van der Waals surface area contributed by atoms with Crippen LogP contribution in [-0.2, 0) is 16.1 Å². The van der Waals surface area contributed by atoms with Crippen LogP contribution in [0.2, 0.25) is 5.02 Å². The molecule has 0 spiro atoms. The summed E-state index contributed by atoms with van der Waals surface area (Å²) in [6, 6.07) is 5.21. The first-order valence-corrected chi connectivity index (χ1v) is 8.27. The van der Waals surface area contributed by atoms with Gasteiger partial charge in [0.15, 0.2) is 5.16 Å². The van der Waals surface area contributed by atoms with E-state index in [1.54, 1.807) is 25.3 Å². The predicted molar refractivity (Wildman–Crippen MR) is 86.4 cm³/mol. The summed E-state index contributed by atoms with van der Waals surface area (Å²) < 4.78 is 43.2. The van der Waals surface area contributed by atoms with Gasteiger partial charge < -0.3 is 14.6 Å². The topological polar surface area (TPSA) is 56.1 Å². The number of fused-ring (bicyclic) bond motifs is 1. The zero-order valence-electron chi connectivity index (χ0n) is 12.7. The molecular weight excluding hydrogens is 367 g/mol. The molecule has 10 heteroatoms. The van der Waals surface area contributed by atoms with Crippen molar-refractivity contribution < 1.29 is 22.7 Å². The van der Waals surface area contributed by atoms with Gasteiger partial charge >= 0.3 is 6.18 Å². The van der Waals surface area contributed by atoms with Crippen LogP contribution in [0.3, 0.4) is 0 Å². The second kappa shape index (κ2) is 8.09. The first kappa shape index (κ1) is 18.9. The Kier molecular flexibility index (Phi) is 6.36. The molecule has 0 bridgehead atoms. The third-order valence-electron chi connectivity index (χ3n) is 3.01. The number of carbonyl (C=O) groups is 1. The maximum atomic E-state index is 12.1. The van der Waals surface area contributed by atoms with E-state index in [0.717, 1.165) is 17.3 Å². The number of benzene rings is 1. The highest BCUT2D eigenvalue weighted by Gasteiger charge is 2.27. The van der Waals surface area contributed by atoms with Gasteiger partial charge in [-0.15, -0.1) is 0 Å². The zero-order valence-corrected chi connectivity index (χ0v) is 14.3. The summed E-state index contributed by atoms with van der Waals surface area (Å²) in [5.74, 6) is -0.874. The Morgan fingerprint density at radius 1 is 1.46 bits per heavy atom. The van der Waals surface area contributed by atoms with Crippen LogP contribution in [0.1, 0.15) is 0 Å². The molecule has 0 aliphatic heterocycles. The average Bonchev–Trinajstić information content (AvgIpc) is 2.84. The summed E-state index contributed by atoms with van der Waals surface area (Å²) in [4.78, 5) is 15.9. The van der Waals surface area contributed by atoms with Crippen LogP contribution in [0, 0.1) is 0 Å². The molecule has 5 nitrogen and oxygen atoms in total. The Balaban J connectivity index is 2.10. The number of aromatic nitrogens is 2. The van der Waals surface area contributed by atoms with Crippen molar-refractivity contribution in [3.8, 4) is 0 Å². The number of halogens is 4. The van der Waals surface area contributed by atoms with Crippen molar-refractivity contribution in [1.82, 2.24) is 14.9 Å². The second-order valence-corrected chi connectivity index (χ2v) is 6.23. The molecular formula is C14H15ClF3N3O2S. The van der Waals surface area contributed by atoms with Crippen molar-refractivity contribution in [3.63, 3.8) is 0 Å². The molecule has 1 N–H and O–H groups in total. The Labute approximate surface area is 145 Å². The lowest BCUT2D eigenvalue weighted by Gasteiger charge is -2.09. The highest BCUT2D eigenvalue weighted by atomic mass is 35.5. The third kappa shape index (κ3) is 5.29. The van der Waals surface area contributed by atoms with E-state index in [2.05, 4.69) is 4.98 Å². The zero-order chi connectivity index (χ0) is 17.7. The normalized spacial score (nSPS) is 11.9. The van der Waals surface area contributed by atoms with Crippen LogP contribution in [0.5, 0.6) is 0 Å². The lowest BCUT2D eigenvalue weighted by molar-refractivity contribution is -0.136. The summed E-state index contributed by atoms with van der Waals surface area (Å²) in [7, 11) is 1.56. The first-order chi connectivity index (χ1) is 11.3. The van der Waals surface area contributed by atoms with Crippen LogP contribution in [0.25, 0.3) is 11.0 Å². The number of thioether (sulfide) groups is 1. The number of carbonyl (C=O) groups excluding carboxylic acids is 1. The van der Waals surface area contributed by atoms with E-state index in [-0.39, 0.29) is 5.75 Å². The summed E-state index contributed by atoms with van der Waals surface area (Å²) in [6.07, 6.45) is -4.43. The molecule has 0 saturated carbocycles. The fourth-order valence-electron chi connectivity index (χ4n) is 1.97. The van der Waals surface area contributed by atoms with Gasteiger partial charge in [-0.3, -0.25) is 4.79 Å². The van der Waals surface area contributed by atoms with Crippen LogP contribution in [0.4, 0.5) is 13.2 Å². The minimum absolute atomic E-state index is 0.167. The van der Waals surface area contributed by atoms with Crippen molar-refractivity contribution in [2.24, 2.45) is 0 Å². The standard InChI is InChI=1S/C14H15ClF3N3O2S/c1-23-5-4-21-11-3-2-9(15)6-10(11)20-13(21)24-7-12(22)19-8-14(16,17)18/h2-3,6H,4-5,7-8H2,1H3,(H,19,22). The van der Waals surface area contributed by atoms with Gasteiger partial charge in [0, 0.05) is 18.7 Å². The number of amides is 1. The predicted octanol–water partition coefficient (Wildman–Crippen LogP) is 3.11.